The summed E-state index contributed by atoms with van der Waals surface area (Å²) in [6.07, 6.45) is 0.0811. The smallest absolute Gasteiger partial charge is 0.277 e. The number of carbonyl (C=O) groups excluding carboxylic acids is 3. The van der Waals surface area contributed by atoms with Gasteiger partial charge in [-0.05, 0) is 31.2 Å². The van der Waals surface area contributed by atoms with Gasteiger partial charge in [0.1, 0.15) is 5.82 Å². The first-order valence-corrected chi connectivity index (χ1v) is 8.97. The lowest BCUT2D eigenvalue weighted by molar-refractivity contribution is -0.304. The highest BCUT2D eigenvalue weighted by Crippen LogP contribution is 2.23. The summed E-state index contributed by atoms with van der Waals surface area (Å²) in [6.45, 7) is 2.92. The van der Waals surface area contributed by atoms with Gasteiger partial charge in [0.05, 0.1) is 5.97 Å². The fourth-order valence-corrected chi connectivity index (χ4v) is 2.66. The average Bonchev–Trinajstić information content (AvgIpc) is 2.64. The van der Waals surface area contributed by atoms with Crippen LogP contribution in [0.1, 0.15) is 30.6 Å². The van der Waals surface area contributed by atoms with Crippen molar-refractivity contribution in [3.63, 3.8) is 0 Å². The van der Waals surface area contributed by atoms with E-state index < -0.39 is 34.4 Å². The molecular weight excluding hydrogens is 391 g/mol. The van der Waals surface area contributed by atoms with E-state index in [0.29, 0.717) is 11.8 Å². The molecule has 2 rings (SSSR count). The Balaban J connectivity index is 2.39. The maximum Gasteiger partial charge on any atom is 0.277 e. The zero-order valence-corrected chi connectivity index (χ0v) is 15.7. The fraction of sp³-hybridized carbons (Fsp3) is 0.235. The van der Waals surface area contributed by atoms with Crippen molar-refractivity contribution in [2.75, 3.05) is 10.6 Å². The number of H-pyrrole nitrogens is 1. The number of nitrogens with one attached hydrogen (secondary N) is 3. The van der Waals surface area contributed by atoms with Gasteiger partial charge >= 0.3 is 0 Å². The number of aromatic nitrogens is 2. The van der Waals surface area contributed by atoms with Gasteiger partial charge in [-0.25, -0.2) is 9.37 Å². The van der Waals surface area contributed by atoms with Crippen LogP contribution in [0.2, 0.25) is 0 Å². The lowest BCUT2D eigenvalue weighted by Gasteiger charge is -2.14. The molecule has 0 saturated carbocycles. The molecule has 0 fully saturated rings. The largest absolute Gasteiger partial charge is 0.549 e. The third kappa shape index (κ3) is 5.39. The van der Waals surface area contributed by atoms with E-state index >= 15 is 0 Å². The lowest BCUT2D eigenvalue weighted by atomic mass is 10.2. The third-order valence-electron chi connectivity index (χ3n) is 3.44. The zero-order valence-electron chi connectivity index (χ0n) is 14.9. The molecule has 0 aliphatic carbocycles. The second-order valence-electron chi connectivity index (χ2n) is 5.54. The Kier molecular flexibility index (Phi) is 6.88. The van der Waals surface area contributed by atoms with Crippen molar-refractivity contribution in [3.05, 3.63) is 46.0 Å². The molecular formula is C17H16FN4O5S-. The van der Waals surface area contributed by atoms with Crippen LogP contribution in [0.15, 0.2) is 34.2 Å². The molecule has 0 bridgehead atoms. The number of benzene rings is 1. The minimum absolute atomic E-state index is 0.0760. The number of anilines is 2. The van der Waals surface area contributed by atoms with Gasteiger partial charge in [0, 0.05) is 17.2 Å². The number of hydrogen-bond acceptors (Lipinski definition) is 7. The van der Waals surface area contributed by atoms with Gasteiger partial charge < -0.3 is 20.5 Å². The van der Waals surface area contributed by atoms with Gasteiger partial charge in [-0.2, -0.15) is 0 Å². The highest BCUT2D eigenvalue weighted by atomic mass is 32.2. The van der Waals surface area contributed by atoms with E-state index in [1.807, 2.05) is 0 Å². The van der Waals surface area contributed by atoms with Gasteiger partial charge in [-0.1, -0.05) is 18.7 Å². The summed E-state index contributed by atoms with van der Waals surface area (Å²) in [5.41, 5.74) is -1.05. The molecule has 1 aromatic carbocycles. The van der Waals surface area contributed by atoms with Gasteiger partial charge in [-0.3, -0.25) is 19.4 Å². The van der Waals surface area contributed by atoms with E-state index in [0.717, 1.165) is 12.1 Å². The molecule has 1 atom stereocenters. The molecule has 1 aromatic heterocycles. The van der Waals surface area contributed by atoms with Crippen LogP contribution < -0.4 is 21.3 Å². The van der Waals surface area contributed by atoms with E-state index in [4.69, 9.17) is 0 Å². The van der Waals surface area contributed by atoms with Crippen molar-refractivity contribution < 1.29 is 23.9 Å². The Morgan fingerprint density at radius 1 is 1.25 bits per heavy atom. The van der Waals surface area contributed by atoms with Crippen LogP contribution in [0.5, 0.6) is 0 Å². The number of rotatable bonds is 7. The summed E-state index contributed by atoms with van der Waals surface area (Å²) in [4.78, 5) is 53.7. The quantitative estimate of drug-likeness (QED) is 0.453. The van der Waals surface area contributed by atoms with Gasteiger partial charge in [0.15, 0.2) is 16.7 Å². The Bertz CT molecular complexity index is 961. The number of carbonyl (C=O) groups is 3. The van der Waals surface area contributed by atoms with Crippen LogP contribution in [0.3, 0.4) is 0 Å². The van der Waals surface area contributed by atoms with E-state index in [1.54, 1.807) is 6.92 Å². The van der Waals surface area contributed by atoms with Gasteiger partial charge in [-0.15, -0.1) is 0 Å². The summed E-state index contributed by atoms with van der Waals surface area (Å²) in [6, 6.07) is 4.61. The summed E-state index contributed by atoms with van der Waals surface area (Å²) in [5.74, 6) is -3.32. The Morgan fingerprint density at radius 2 is 1.89 bits per heavy atom. The monoisotopic (exact) mass is 407 g/mol. The lowest BCUT2D eigenvalue weighted by Crippen LogP contribution is -2.32. The van der Waals surface area contributed by atoms with Crippen LogP contribution in [0, 0.1) is 5.82 Å². The first kappa shape index (κ1) is 21.1. The molecule has 2 aromatic rings. The second-order valence-corrected chi connectivity index (χ2v) is 6.87. The van der Waals surface area contributed by atoms with Crippen LogP contribution in [0.4, 0.5) is 15.9 Å². The molecule has 0 saturated heterocycles. The summed E-state index contributed by atoms with van der Waals surface area (Å²) in [7, 11) is 0. The highest BCUT2D eigenvalue weighted by molar-refractivity contribution is 8.00. The van der Waals surface area contributed by atoms with E-state index in [2.05, 4.69) is 20.6 Å². The molecule has 0 aliphatic rings. The number of hydrogen-bond donors (Lipinski definition) is 3. The Morgan fingerprint density at radius 3 is 2.46 bits per heavy atom. The Labute approximate surface area is 162 Å². The molecule has 3 N–H and O–H groups in total. The maximum atomic E-state index is 13.0. The van der Waals surface area contributed by atoms with Crippen LogP contribution >= 0.6 is 11.8 Å². The van der Waals surface area contributed by atoms with Crippen molar-refractivity contribution in [1.82, 2.24) is 9.97 Å². The van der Waals surface area contributed by atoms with Crippen LogP contribution in [-0.4, -0.2) is 33.0 Å². The Hall–Kier alpha value is -3.21. The standard InChI is InChI=1S/C17H17FN4O5S/c1-3-11(23)19-13-12(20-14(24)9-4-6-10(18)7-5-9)15(25)22-17(21-13)28-8(2)16(26)27/h4-8H,3H2,1-2H3,(H,20,24)(H,26,27)(H2,19,21,22,23,25)/p-1/t8-/m1/s1. The minimum atomic E-state index is -1.36. The topological polar surface area (TPSA) is 144 Å². The molecule has 1 heterocycles. The molecule has 0 unspecified atom stereocenters. The van der Waals surface area contributed by atoms with Gasteiger partial charge in [0.2, 0.25) is 5.91 Å². The zero-order chi connectivity index (χ0) is 20.8. The number of thioether (sulfide) groups is 1. The normalized spacial score (nSPS) is 11.5. The number of carboxylic acids is 1. The predicted octanol–water partition coefficient (Wildman–Crippen LogP) is 0.740. The number of aliphatic carboxylic acids is 1. The first-order chi connectivity index (χ1) is 13.2. The third-order valence-corrected chi connectivity index (χ3v) is 4.40. The number of halogens is 1. The summed E-state index contributed by atoms with van der Waals surface area (Å²) < 4.78 is 13.0. The van der Waals surface area contributed by atoms with Crippen molar-refractivity contribution in [2.45, 2.75) is 30.7 Å². The second kappa shape index (κ2) is 9.13. The number of carboxylic acid groups (broad SMARTS) is 1. The SMILES string of the molecule is CCC(=O)Nc1nc(S[C@H](C)C(=O)[O-])[nH]c(=O)c1NC(=O)c1ccc(F)cc1. The van der Waals surface area contributed by atoms with Crippen molar-refractivity contribution in [3.8, 4) is 0 Å². The number of amides is 2. The predicted molar refractivity (Wildman–Crippen MR) is 98.5 cm³/mol. The molecule has 11 heteroatoms. The molecule has 0 radical (unpaired) electrons. The molecule has 28 heavy (non-hydrogen) atoms. The highest BCUT2D eigenvalue weighted by Gasteiger charge is 2.18. The maximum absolute atomic E-state index is 13.0. The van der Waals surface area contributed by atoms with Crippen molar-refractivity contribution in [2.24, 2.45) is 0 Å². The van der Waals surface area contributed by atoms with Crippen molar-refractivity contribution >= 4 is 41.1 Å². The number of nitrogens with zero attached hydrogens (tertiary/aromatic N) is 1. The summed E-state index contributed by atoms with van der Waals surface area (Å²) in [5, 5.41) is 14.5. The molecule has 2 amide bonds. The van der Waals surface area contributed by atoms with Crippen LogP contribution in [0.25, 0.3) is 0 Å². The van der Waals surface area contributed by atoms with Gasteiger partial charge in [0.25, 0.3) is 11.5 Å². The average molecular weight is 407 g/mol. The number of aromatic amines is 1. The molecule has 9 nitrogen and oxygen atoms in total. The fourth-order valence-electron chi connectivity index (χ4n) is 1.94. The van der Waals surface area contributed by atoms with Crippen LogP contribution in [-0.2, 0) is 9.59 Å². The van der Waals surface area contributed by atoms with E-state index in [-0.39, 0.29) is 28.6 Å². The summed E-state index contributed by atoms with van der Waals surface area (Å²) >= 11 is 0.706. The molecule has 148 valence electrons. The minimum Gasteiger partial charge on any atom is -0.549 e. The molecule has 0 aliphatic heterocycles. The first-order valence-electron chi connectivity index (χ1n) is 8.09. The van der Waals surface area contributed by atoms with E-state index in [9.17, 15) is 28.7 Å². The van der Waals surface area contributed by atoms with Crippen molar-refractivity contribution in [1.29, 1.82) is 0 Å². The van der Waals surface area contributed by atoms with E-state index in [1.165, 1.54) is 19.1 Å². The molecule has 0 spiro atoms.